The van der Waals surface area contributed by atoms with E-state index in [-0.39, 0.29) is 5.78 Å². The molecule has 0 aromatic heterocycles. The number of carbonyl (C=O) groups is 1. The molecule has 4 aromatic carbocycles. The van der Waals surface area contributed by atoms with E-state index in [0.717, 1.165) is 35.4 Å². The molecule has 5 rings (SSSR count). The molecule has 0 saturated heterocycles. The Kier molecular flexibility index (Phi) is 15.9. The van der Waals surface area contributed by atoms with Crippen molar-refractivity contribution < 1.29 is 40.5 Å². The van der Waals surface area contributed by atoms with Crippen molar-refractivity contribution in [1.82, 2.24) is 0 Å². The van der Waals surface area contributed by atoms with Crippen LogP contribution in [-0.2, 0) is 25.0 Å². The summed E-state index contributed by atoms with van der Waals surface area (Å²) in [5.41, 5.74) is 4.03. The fraction of sp³-hybridized carbons (Fsp3) is 0.293. The van der Waals surface area contributed by atoms with Gasteiger partial charge in [0.25, 0.3) is 0 Å². The number of Topliss-reactive ketones (excluding diaryl/α,β-unsaturated/α-hetero) is 1. The van der Waals surface area contributed by atoms with E-state index < -0.39 is 30.0 Å². The van der Waals surface area contributed by atoms with Crippen molar-refractivity contribution in [3.63, 3.8) is 0 Å². The molecule has 0 saturated carbocycles. The van der Waals surface area contributed by atoms with E-state index in [1.165, 1.54) is 63.5 Å². The molecule has 0 unspecified atom stereocenters. The second-order valence-electron chi connectivity index (χ2n) is 12.1. The number of carbonyl (C=O) groups excluding carboxylic acids is 1. The van der Waals surface area contributed by atoms with Gasteiger partial charge in [-0.05, 0) is 88.1 Å². The maximum Gasteiger partial charge on any atom is 0.195 e. The van der Waals surface area contributed by atoms with Crippen LogP contribution in [-0.4, -0.2) is 71.0 Å². The number of hydrogen-bond acceptors (Lipinski definition) is 7. The largest absolute Gasteiger partial charge is 0.744 e. The van der Waals surface area contributed by atoms with Crippen molar-refractivity contribution in [3.05, 3.63) is 131 Å². The van der Waals surface area contributed by atoms with E-state index >= 15 is 0 Å². The summed E-state index contributed by atoms with van der Waals surface area (Å²) in [6.45, 7) is 21.0. The molecule has 0 spiro atoms. The van der Waals surface area contributed by atoms with Crippen LogP contribution in [0.4, 0.5) is 0 Å². The van der Waals surface area contributed by atoms with E-state index in [1.54, 1.807) is 9.80 Å². The Balaban J connectivity index is 0.000000441. The Bertz CT molecular complexity index is 1880. The summed E-state index contributed by atoms with van der Waals surface area (Å²) in [5.74, 6) is -0.377. The number of allylic oxidation sites excluding steroid dienone is 4. The zero-order valence-corrected chi connectivity index (χ0v) is 32.4. The number of hydrogen-bond donors (Lipinski definition) is 2. The Morgan fingerprint density at radius 1 is 0.404 bits per heavy atom. The van der Waals surface area contributed by atoms with E-state index in [0.29, 0.717) is 33.4 Å². The number of rotatable bonds is 12. The molecule has 0 heterocycles. The fourth-order valence-corrected chi connectivity index (χ4v) is 6.96. The molecule has 11 heteroatoms. The van der Waals surface area contributed by atoms with Gasteiger partial charge in [0, 0.05) is 22.3 Å². The molecule has 0 amide bonds. The molecule has 9 nitrogen and oxygen atoms in total. The van der Waals surface area contributed by atoms with Crippen LogP contribution in [0.5, 0.6) is 0 Å². The lowest BCUT2D eigenvalue weighted by molar-refractivity contribution is -0.894. The first kappa shape index (κ1) is 42.2. The number of nitrogens with one attached hydrogen (secondary N) is 2. The summed E-state index contributed by atoms with van der Waals surface area (Å²) < 4.78 is 68.9. The fourth-order valence-electron chi connectivity index (χ4n) is 6.02. The Morgan fingerprint density at radius 3 is 0.865 bits per heavy atom. The molecule has 0 fully saturated rings. The first-order valence-electron chi connectivity index (χ1n) is 17.7. The number of ketones is 1. The number of quaternary nitrogens is 2. The van der Waals surface area contributed by atoms with Gasteiger partial charge in [0.2, 0.25) is 0 Å². The Labute approximate surface area is 309 Å². The summed E-state index contributed by atoms with van der Waals surface area (Å²) in [7, 11) is -9.36. The predicted molar refractivity (Wildman–Crippen MR) is 206 cm³/mol. The molecule has 0 aliphatic heterocycles. The lowest BCUT2D eigenvalue weighted by Gasteiger charge is -2.14. The van der Waals surface area contributed by atoms with Crippen molar-refractivity contribution in [2.24, 2.45) is 0 Å². The van der Waals surface area contributed by atoms with Gasteiger partial charge in [0.15, 0.2) is 5.78 Å². The predicted octanol–water partition coefficient (Wildman–Crippen LogP) is 4.46. The van der Waals surface area contributed by atoms with Crippen LogP contribution in [0.1, 0.15) is 63.8 Å². The smallest absolute Gasteiger partial charge is 0.195 e. The normalized spacial score (nSPS) is 13.2. The number of benzene rings is 4. The molecule has 0 radical (unpaired) electrons. The van der Waals surface area contributed by atoms with Crippen LogP contribution < -0.4 is 9.80 Å². The average Bonchev–Trinajstić information content (AvgIpc) is 3.46. The molecule has 0 atom stereocenters. The van der Waals surface area contributed by atoms with Gasteiger partial charge >= 0.3 is 0 Å². The highest BCUT2D eigenvalue weighted by molar-refractivity contribution is 7.86. The van der Waals surface area contributed by atoms with Crippen molar-refractivity contribution in [2.75, 3.05) is 39.3 Å². The molecule has 0 bridgehead atoms. The monoisotopic (exact) mass is 746 g/mol. The average molecular weight is 747 g/mol. The highest BCUT2D eigenvalue weighted by Gasteiger charge is 2.35. The minimum atomic E-state index is -4.68. The van der Waals surface area contributed by atoms with Crippen LogP contribution in [0.3, 0.4) is 0 Å². The van der Waals surface area contributed by atoms with Gasteiger partial charge < -0.3 is 18.9 Å². The molecule has 278 valence electrons. The van der Waals surface area contributed by atoms with Crippen LogP contribution in [0, 0.1) is 0 Å². The van der Waals surface area contributed by atoms with Gasteiger partial charge in [-0.25, -0.2) is 16.8 Å². The second kappa shape index (κ2) is 19.6. The van der Waals surface area contributed by atoms with Crippen LogP contribution in [0.25, 0.3) is 22.3 Å². The van der Waals surface area contributed by atoms with Gasteiger partial charge in [0.05, 0.1) is 49.1 Å². The zero-order valence-electron chi connectivity index (χ0n) is 30.8. The van der Waals surface area contributed by atoms with Gasteiger partial charge in [-0.3, -0.25) is 4.79 Å². The van der Waals surface area contributed by atoms with Crippen LogP contribution in [0.2, 0.25) is 0 Å². The lowest BCUT2D eigenvalue weighted by Crippen LogP contribution is -3.11. The standard InChI is InChI=1S/C29H20O7S2.2C6H15N/c30-29-27(21-11-15-23(16-12-21)37(31,32)33)25(19-7-3-1-4-8-19)26(20-9-5-2-6-10-20)28(29)22-13-17-24(18-14-22)38(34,35)36;2*1-4-7(5-2)6-3/h1-18H,(H,31,32,33)(H,34,35,36);2*4-6H2,1-3H3. The quantitative estimate of drug-likeness (QED) is 0.204. The summed E-state index contributed by atoms with van der Waals surface area (Å²) in [4.78, 5) is 16.7. The Morgan fingerprint density at radius 2 is 0.654 bits per heavy atom. The van der Waals surface area contributed by atoms with Crippen molar-refractivity contribution in [3.8, 4) is 0 Å². The van der Waals surface area contributed by atoms with E-state index in [4.69, 9.17) is 0 Å². The van der Waals surface area contributed by atoms with Gasteiger partial charge in [-0.1, -0.05) is 84.9 Å². The third-order valence-electron chi connectivity index (χ3n) is 9.19. The third-order valence-corrected chi connectivity index (χ3v) is 10.9. The van der Waals surface area contributed by atoms with Crippen molar-refractivity contribution in [1.29, 1.82) is 0 Å². The maximum absolute atomic E-state index is 14.2. The van der Waals surface area contributed by atoms with E-state index in [1.807, 2.05) is 60.7 Å². The first-order valence-corrected chi connectivity index (χ1v) is 20.5. The van der Waals surface area contributed by atoms with E-state index in [9.17, 15) is 30.7 Å². The minimum absolute atomic E-state index is 0.292. The summed E-state index contributed by atoms with van der Waals surface area (Å²) in [6.07, 6.45) is 0. The van der Waals surface area contributed by atoms with Gasteiger partial charge in [-0.15, -0.1) is 0 Å². The second-order valence-corrected chi connectivity index (χ2v) is 14.9. The molecule has 52 heavy (non-hydrogen) atoms. The minimum Gasteiger partial charge on any atom is -0.744 e. The maximum atomic E-state index is 14.2. The third kappa shape index (κ3) is 10.9. The highest BCUT2D eigenvalue weighted by Crippen LogP contribution is 2.49. The van der Waals surface area contributed by atoms with Crippen LogP contribution in [0.15, 0.2) is 119 Å². The van der Waals surface area contributed by atoms with Gasteiger partial charge in [0.1, 0.15) is 20.2 Å². The van der Waals surface area contributed by atoms with Crippen molar-refractivity contribution in [2.45, 2.75) is 51.3 Å². The summed E-state index contributed by atoms with van der Waals surface area (Å²) in [5, 5.41) is 0. The molecule has 2 N–H and O–H groups in total. The van der Waals surface area contributed by atoms with E-state index in [2.05, 4.69) is 41.5 Å². The first-order chi connectivity index (χ1) is 24.7. The Hall–Kier alpha value is -4.23. The molecular weight excluding hydrogens is 697 g/mol. The summed E-state index contributed by atoms with van der Waals surface area (Å²) >= 11 is 0. The SMILES string of the molecule is CC[NH+](CC)CC.CC[NH+](CC)CC.O=C1C(c2ccc(S(=O)(=O)[O-])cc2)=C(c2ccccc2)C(c2ccccc2)=C1c1ccc(S(=O)(=O)[O-])cc1. The summed E-state index contributed by atoms with van der Waals surface area (Å²) in [6, 6.07) is 28.7. The molecule has 4 aromatic rings. The highest BCUT2D eigenvalue weighted by atomic mass is 32.2. The molecular formula is C41H50N2O7S2. The molecule has 1 aliphatic carbocycles. The molecule has 1 aliphatic rings. The zero-order chi connectivity index (χ0) is 38.5. The topological polar surface area (TPSA) is 140 Å². The van der Waals surface area contributed by atoms with Crippen LogP contribution >= 0.6 is 0 Å². The lowest BCUT2D eigenvalue weighted by atomic mass is 9.89. The van der Waals surface area contributed by atoms with Gasteiger partial charge in [-0.2, -0.15) is 0 Å². The van der Waals surface area contributed by atoms with Crippen molar-refractivity contribution >= 4 is 48.3 Å².